The van der Waals surface area contributed by atoms with Gasteiger partial charge < -0.3 is 0 Å². The summed E-state index contributed by atoms with van der Waals surface area (Å²) in [5.41, 5.74) is 17.2. The predicted octanol–water partition coefficient (Wildman–Crippen LogP) is 12.6. The number of benzene rings is 8. The maximum atomic E-state index is 5.42. The molecule has 57 heavy (non-hydrogen) atoms. The maximum absolute atomic E-state index is 5.42. The Morgan fingerprint density at radius 2 is 0.877 bits per heavy atom. The average Bonchev–Trinajstić information content (AvgIpc) is 3.89. The molecule has 0 saturated carbocycles. The summed E-state index contributed by atoms with van der Waals surface area (Å²) in [7, 11) is 0. The third-order valence-corrected chi connectivity index (χ3v) is 12.2. The van der Waals surface area contributed by atoms with Crippen molar-refractivity contribution in [2.75, 3.05) is 0 Å². The van der Waals surface area contributed by atoms with E-state index in [1.807, 2.05) is 18.2 Å². The van der Waals surface area contributed by atoms with Gasteiger partial charge in [-0.25, -0.2) is 4.98 Å². The molecular weight excluding hydrogens is 693 g/mol. The molecule has 10 aromatic rings. The second-order valence-corrected chi connectivity index (χ2v) is 15.2. The summed E-state index contributed by atoms with van der Waals surface area (Å²) in [6.07, 6.45) is 0. The van der Waals surface area contributed by atoms with Gasteiger partial charge in [-0.2, -0.15) is 9.97 Å². The van der Waals surface area contributed by atoms with Crippen molar-refractivity contribution < 1.29 is 0 Å². The summed E-state index contributed by atoms with van der Waals surface area (Å²) in [5.74, 6) is 1.85. The lowest BCUT2D eigenvalue weighted by molar-refractivity contribution is 0.794. The minimum Gasteiger partial charge on any atom is -0.277 e. The highest BCUT2D eigenvalue weighted by Gasteiger charge is 2.52. The van der Waals surface area contributed by atoms with E-state index in [2.05, 4.69) is 181 Å². The number of aromatic nitrogens is 4. The van der Waals surface area contributed by atoms with E-state index in [9.17, 15) is 0 Å². The Balaban J connectivity index is 1.27. The number of aryl methyl sites for hydroxylation is 1. The number of rotatable bonds is 4. The van der Waals surface area contributed by atoms with Crippen LogP contribution >= 0.6 is 0 Å². The van der Waals surface area contributed by atoms with Gasteiger partial charge in [0, 0.05) is 33.0 Å². The molecule has 1 spiro atoms. The van der Waals surface area contributed by atoms with E-state index in [4.69, 9.17) is 15.0 Å². The molecule has 2 aromatic heterocycles. The van der Waals surface area contributed by atoms with Gasteiger partial charge in [0.1, 0.15) is 0 Å². The summed E-state index contributed by atoms with van der Waals surface area (Å²) < 4.78 is 2.35. The monoisotopic (exact) mass is 726 g/mol. The second-order valence-electron chi connectivity index (χ2n) is 15.2. The van der Waals surface area contributed by atoms with Gasteiger partial charge in [0.25, 0.3) is 0 Å². The van der Waals surface area contributed by atoms with E-state index >= 15 is 0 Å². The fraction of sp³-hybridized carbons (Fsp3) is 0.0377. The van der Waals surface area contributed by atoms with Crippen molar-refractivity contribution in [2.45, 2.75) is 12.3 Å². The minimum atomic E-state index is -0.488. The van der Waals surface area contributed by atoms with Crippen molar-refractivity contribution in [3.05, 3.63) is 216 Å². The molecule has 4 nitrogen and oxygen atoms in total. The highest BCUT2D eigenvalue weighted by Crippen LogP contribution is 2.64. The van der Waals surface area contributed by atoms with Crippen molar-refractivity contribution in [2.24, 2.45) is 0 Å². The van der Waals surface area contributed by atoms with Crippen LogP contribution in [0.2, 0.25) is 0 Å². The van der Waals surface area contributed by atoms with Gasteiger partial charge in [0.05, 0.1) is 16.4 Å². The Hall–Kier alpha value is -7.43. The fourth-order valence-electron chi connectivity index (χ4n) is 9.79. The van der Waals surface area contributed by atoms with Crippen LogP contribution in [0.5, 0.6) is 0 Å². The van der Waals surface area contributed by atoms with Crippen molar-refractivity contribution in [1.29, 1.82) is 0 Å². The molecule has 0 unspecified atom stereocenters. The van der Waals surface area contributed by atoms with Crippen LogP contribution in [0.15, 0.2) is 188 Å². The number of nitrogens with zero attached hydrogens (tertiary/aromatic N) is 4. The van der Waals surface area contributed by atoms with Gasteiger partial charge in [0.15, 0.2) is 11.6 Å². The SMILES string of the molecule is Cc1ccc(-c2nc(-c3ccccc3)nc(-n3c4c(-c5ccccc5)cccc4c4ccc5c(c43)-c3ccccc3C53c4ccccc4-c4ccccc43)n2)cc1. The Bertz CT molecular complexity index is 3190. The van der Waals surface area contributed by atoms with Crippen LogP contribution in [0, 0.1) is 6.92 Å². The molecule has 2 aliphatic rings. The molecule has 0 aliphatic heterocycles. The van der Waals surface area contributed by atoms with E-state index in [1.165, 1.54) is 50.1 Å². The molecule has 0 N–H and O–H groups in total. The first kappa shape index (κ1) is 31.9. The molecule has 0 radical (unpaired) electrons. The molecule has 0 fully saturated rings. The van der Waals surface area contributed by atoms with Gasteiger partial charge in [-0.1, -0.05) is 194 Å². The zero-order valence-electron chi connectivity index (χ0n) is 31.2. The van der Waals surface area contributed by atoms with Crippen LogP contribution in [-0.2, 0) is 5.41 Å². The van der Waals surface area contributed by atoms with Crippen LogP contribution in [-0.4, -0.2) is 19.5 Å². The average molecular weight is 727 g/mol. The molecule has 2 aliphatic carbocycles. The topological polar surface area (TPSA) is 43.6 Å². The fourth-order valence-corrected chi connectivity index (χ4v) is 9.79. The summed E-state index contributed by atoms with van der Waals surface area (Å²) in [6.45, 7) is 2.10. The van der Waals surface area contributed by atoms with E-state index in [0.717, 1.165) is 44.1 Å². The molecule has 4 heteroatoms. The van der Waals surface area contributed by atoms with Crippen LogP contribution in [0.3, 0.4) is 0 Å². The zero-order valence-corrected chi connectivity index (χ0v) is 31.2. The zero-order chi connectivity index (χ0) is 37.7. The maximum Gasteiger partial charge on any atom is 0.238 e. The Labute approximate surface area is 330 Å². The van der Waals surface area contributed by atoms with E-state index in [-0.39, 0.29) is 0 Å². The molecule has 2 heterocycles. The number of fused-ring (bicyclic) bond motifs is 14. The lowest BCUT2D eigenvalue weighted by atomic mass is 9.70. The molecule has 12 rings (SSSR count). The summed E-state index contributed by atoms with van der Waals surface area (Å²) in [6, 6.07) is 67.8. The lowest BCUT2D eigenvalue weighted by Gasteiger charge is -2.30. The molecule has 8 aromatic carbocycles. The second kappa shape index (κ2) is 12.0. The lowest BCUT2D eigenvalue weighted by Crippen LogP contribution is -2.25. The van der Waals surface area contributed by atoms with Gasteiger partial charge >= 0.3 is 0 Å². The third kappa shape index (κ3) is 4.41. The van der Waals surface area contributed by atoms with Gasteiger partial charge in [0.2, 0.25) is 5.95 Å². The number of hydrogen-bond acceptors (Lipinski definition) is 3. The molecule has 0 atom stereocenters. The van der Waals surface area contributed by atoms with Gasteiger partial charge in [-0.3, -0.25) is 4.57 Å². The van der Waals surface area contributed by atoms with Crippen LogP contribution in [0.1, 0.15) is 27.8 Å². The Kier molecular flexibility index (Phi) is 6.73. The Morgan fingerprint density at radius 3 is 1.53 bits per heavy atom. The largest absolute Gasteiger partial charge is 0.277 e. The van der Waals surface area contributed by atoms with Gasteiger partial charge in [-0.05, 0) is 51.4 Å². The summed E-state index contributed by atoms with van der Waals surface area (Å²) in [5, 5.41) is 2.31. The highest BCUT2D eigenvalue weighted by molar-refractivity contribution is 6.19. The standard InChI is InChI=1S/C53H34N4/c1-33-27-29-36(30-28-33)51-54-50(35-17-6-3-7-18-35)55-52(56-51)57-48-37(34-15-4-2-5-16-34)22-14-23-40(48)41-31-32-46-47(49(41)57)42-21-10-13-26-45(42)53(46)43-24-11-8-19-38(43)39-20-9-12-25-44(39)53/h2-32H,1H3. The van der Waals surface area contributed by atoms with Crippen LogP contribution < -0.4 is 0 Å². The molecule has 0 bridgehead atoms. The molecule has 266 valence electrons. The number of hydrogen-bond donors (Lipinski definition) is 0. The molecule has 0 saturated heterocycles. The first-order chi connectivity index (χ1) is 28.2. The quantitative estimate of drug-likeness (QED) is 0.181. The minimum absolute atomic E-state index is 0.488. The van der Waals surface area contributed by atoms with E-state index in [1.54, 1.807) is 0 Å². The van der Waals surface area contributed by atoms with E-state index in [0.29, 0.717) is 17.6 Å². The van der Waals surface area contributed by atoms with Crippen molar-refractivity contribution in [3.8, 4) is 62.1 Å². The first-order valence-electron chi connectivity index (χ1n) is 19.5. The molecular formula is C53H34N4. The third-order valence-electron chi connectivity index (χ3n) is 12.2. The first-order valence-corrected chi connectivity index (χ1v) is 19.5. The summed E-state index contributed by atoms with van der Waals surface area (Å²) in [4.78, 5) is 16.0. The van der Waals surface area contributed by atoms with Crippen LogP contribution in [0.25, 0.3) is 83.9 Å². The van der Waals surface area contributed by atoms with E-state index < -0.39 is 5.41 Å². The Morgan fingerprint density at radius 1 is 0.368 bits per heavy atom. The van der Waals surface area contributed by atoms with Crippen molar-refractivity contribution in [1.82, 2.24) is 19.5 Å². The van der Waals surface area contributed by atoms with Crippen LogP contribution in [0.4, 0.5) is 0 Å². The highest BCUT2D eigenvalue weighted by atomic mass is 15.2. The normalized spacial score (nSPS) is 13.1. The van der Waals surface area contributed by atoms with Gasteiger partial charge in [-0.15, -0.1) is 0 Å². The molecule has 0 amide bonds. The smallest absolute Gasteiger partial charge is 0.238 e. The number of para-hydroxylation sites is 1. The van der Waals surface area contributed by atoms with Crippen molar-refractivity contribution in [3.63, 3.8) is 0 Å². The summed E-state index contributed by atoms with van der Waals surface area (Å²) >= 11 is 0. The predicted molar refractivity (Wildman–Crippen MR) is 232 cm³/mol. The van der Waals surface area contributed by atoms with Crippen molar-refractivity contribution >= 4 is 21.8 Å².